The van der Waals surface area contributed by atoms with Crippen LogP contribution in [0, 0.1) is 11.8 Å². The van der Waals surface area contributed by atoms with E-state index in [0.29, 0.717) is 24.9 Å². The first kappa shape index (κ1) is 15.2. The molecule has 1 saturated heterocycles. The molecule has 1 amide bonds. The maximum Gasteiger partial charge on any atom is 0.407 e. The zero-order chi connectivity index (χ0) is 13.6. The Balaban J connectivity index is 2.32. The Morgan fingerprint density at radius 2 is 2.06 bits per heavy atom. The smallest absolute Gasteiger partial charge is 0.407 e. The van der Waals surface area contributed by atoms with Crippen LogP contribution in [0.25, 0.3) is 0 Å². The van der Waals surface area contributed by atoms with Crippen LogP contribution in [0.15, 0.2) is 0 Å². The topological polar surface area (TPSA) is 73.6 Å². The molecule has 1 unspecified atom stereocenters. The van der Waals surface area contributed by atoms with E-state index in [0.717, 1.165) is 26.1 Å². The molecule has 5 nitrogen and oxygen atoms in total. The maximum absolute atomic E-state index is 11.6. The van der Waals surface area contributed by atoms with Gasteiger partial charge in [0.05, 0.1) is 0 Å². The lowest BCUT2D eigenvalue weighted by Gasteiger charge is -2.30. The summed E-state index contributed by atoms with van der Waals surface area (Å²) in [7, 11) is 0. The maximum atomic E-state index is 11.6. The van der Waals surface area contributed by atoms with E-state index in [1.165, 1.54) is 0 Å². The van der Waals surface area contributed by atoms with Gasteiger partial charge in [0.1, 0.15) is 5.60 Å². The molecular formula is C13H26N2O3. The second kappa shape index (κ2) is 6.95. The number of ether oxygens (including phenoxy) is 2. The summed E-state index contributed by atoms with van der Waals surface area (Å²) in [6, 6.07) is 0. The molecule has 0 saturated carbocycles. The number of nitrogens with one attached hydrogen (secondary N) is 1. The molecule has 0 aromatic rings. The van der Waals surface area contributed by atoms with E-state index in [1.807, 2.05) is 20.8 Å². The lowest BCUT2D eigenvalue weighted by molar-refractivity contribution is 0.0408. The van der Waals surface area contributed by atoms with Crippen molar-refractivity contribution >= 4 is 6.09 Å². The van der Waals surface area contributed by atoms with Crippen LogP contribution in [-0.2, 0) is 9.47 Å². The van der Waals surface area contributed by atoms with Gasteiger partial charge >= 0.3 is 6.09 Å². The Morgan fingerprint density at radius 1 is 1.44 bits per heavy atom. The third kappa shape index (κ3) is 5.69. The highest BCUT2D eigenvalue weighted by atomic mass is 16.6. The van der Waals surface area contributed by atoms with Crippen LogP contribution in [0.2, 0.25) is 0 Å². The molecule has 0 aromatic carbocycles. The molecule has 0 aliphatic carbocycles. The Kier molecular flexibility index (Phi) is 5.88. The standard InChI is InChI=1S/C13H26N2O3/c1-13(2,3)18-12(16)15-9-11(8-14)10-4-6-17-7-5-10/h10-11H,4-9,14H2,1-3H3,(H,15,16). The zero-order valence-corrected chi connectivity index (χ0v) is 11.7. The van der Waals surface area contributed by atoms with Gasteiger partial charge in [-0.05, 0) is 52.0 Å². The summed E-state index contributed by atoms with van der Waals surface area (Å²) in [6.07, 6.45) is 1.68. The molecule has 1 fully saturated rings. The average Bonchev–Trinajstić information content (AvgIpc) is 2.29. The summed E-state index contributed by atoms with van der Waals surface area (Å²) in [6.45, 7) is 8.32. The number of alkyl carbamates (subject to hydrolysis) is 1. The SMILES string of the molecule is CC(C)(C)OC(=O)NCC(CN)C1CCOCC1. The molecule has 3 N–H and O–H groups in total. The predicted molar refractivity (Wildman–Crippen MR) is 70.3 cm³/mol. The van der Waals surface area contributed by atoms with Crippen LogP contribution in [0.4, 0.5) is 4.79 Å². The van der Waals surface area contributed by atoms with E-state index in [2.05, 4.69) is 5.32 Å². The summed E-state index contributed by atoms with van der Waals surface area (Å²) in [5.74, 6) is 0.847. The van der Waals surface area contributed by atoms with Gasteiger partial charge in [-0.25, -0.2) is 4.79 Å². The minimum Gasteiger partial charge on any atom is -0.444 e. The van der Waals surface area contributed by atoms with Gasteiger partial charge in [-0.3, -0.25) is 0 Å². The van der Waals surface area contributed by atoms with E-state index in [-0.39, 0.29) is 6.09 Å². The predicted octanol–water partition coefficient (Wildman–Crippen LogP) is 1.51. The molecular weight excluding hydrogens is 232 g/mol. The Hall–Kier alpha value is -0.810. The van der Waals surface area contributed by atoms with E-state index < -0.39 is 5.60 Å². The van der Waals surface area contributed by atoms with E-state index in [9.17, 15) is 4.79 Å². The van der Waals surface area contributed by atoms with Gasteiger partial charge in [-0.1, -0.05) is 0 Å². The lowest BCUT2D eigenvalue weighted by atomic mass is 9.86. The average molecular weight is 258 g/mol. The van der Waals surface area contributed by atoms with Crippen molar-refractivity contribution in [3.05, 3.63) is 0 Å². The first-order chi connectivity index (χ1) is 8.42. The molecule has 1 heterocycles. The van der Waals surface area contributed by atoms with Crippen molar-refractivity contribution in [3.8, 4) is 0 Å². The second-order valence-corrected chi connectivity index (χ2v) is 5.83. The highest BCUT2D eigenvalue weighted by molar-refractivity contribution is 5.67. The van der Waals surface area contributed by atoms with Crippen LogP contribution in [0.1, 0.15) is 33.6 Å². The molecule has 1 rings (SSSR count). The first-order valence-corrected chi connectivity index (χ1v) is 6.67. The number of carbonyl (C=O) groups excluding carboxylic acids is 1. The molecule has 1 aliphatic rings. The van der Waals surface area contributed by atoms with Crippen molar-refractivity contribution in [2.24, 2.45) is 17.6 Å². The van der Waals surface area contributed by atoms with Crippen molar-refractivity contribution in [1.82, 2.24) is 5.32 Å². The molecule has 18 heavy (non-hydrogen) atoms. The summed E-state index contributed by atoms with van der Waals surface area (Å²) >= 11 is 0. The lowest BCUT2D eigenvalue weighted by Crippen LogP contribution is -2.40. The van der Waals surface area contributed by atoms with Crippen molar-refractivity contribution in [2.45, 2.75) is 39.2 Å². The van der Waals surface area contributed by atoms with Crippen LogP contribution in [-0.4, -0.2) is 38.0 Å². The molecule has 0 spiro atoms. The minimum atomic E-state index is -0.457. The fourth-order valence-electron chi connectivity index (χ4n) is 2.16. The number of rotatable bonds is 4. The van der Waals surface area contributed by atoms with Gasteiger partial charge in [-0.2, -0.15) is 0 Å². The molecule has 5 heteroatoms. The van der Waals surface area contributed by atoms with Gasteiger partial charge in [0.25, 0.3) is 0 Å². The van der Waals surface area contributed by atoms with Gasteiger partial charge in [0.2, 0.25) is 0 Å². The highest BCUT2D eigenvalue weighted by Crippen LogP contribution is 2.22. The summed E-state index contributed by atoms with van der Waals surface area (Å²) in [4.78, 5) is 11.6. The minimum absolute atomic E-state index is 0.307. The quantitative estimate of drug-likeness (QED) is 0.801. The van der Waals surface area contributed by atoms with Gasteiger partial charge in [0, 0.05) is 19.8 Å². The molecule has 0 radical (unpaired) electrons. The van der Waals surface area contributed by atoms with Crippen LogP contribution >= 0.6 is 0 Å². The van der Waals surface area contributed by atoms with Crippen molar-refractivity contribution in [1.29, 1.82) is 0 Å². The van der Waals surface area contributed by atoms with Gasteiger partial charge in [-0.15, -0.1) is 0 Å². The number of amides is 1. The van der Waals surface area contributed by atoms with E-state index in [4.69, 9.17) is 15.2 Å². The third-order valence-corrected chi connectivity index (χ3v) is 3.14. The third-order valence-electron chi connectivity index (χ3n) is 3.14. The summed E-state index contributed by atoms with van der Waals surface area (Å²) in [5, 5.41) is 2.81. The monoisotopic (exact) mass is 258 g/mol. The first-order valence-electron chi connectivity index (χ1n) is 6.67. The Labute approximate surface area is 109 Å². The normalized spacial score (nSPS) is 19.3. The number of carbonyl (C=O) groups is 1. The van der Waals surface area contributed by atoms with Crippen molar-refractivity contribution < 1.29 is 14.3 Å². The molecule has 0 aromatic heterocycles. The Morgan fingerprint density at radius 3 is 2.56 bits per heavy atom. The van der Waals surface area contributed by atoms with Crippen LogP contribution in [0.3, 0.4) is 0 Å². The summed E-state index contributed by atoms with van der Waals surface area (Å²) in [5.41, 5.74) is 5.33. The van der Waals surface area contributed by atoms with E-state index >= 15 is 0 Å². The zero-order valence-electron chi connectivity index (χ0n) is 11.7. The van der Waals surface area contributed by atoms with E-state index in [1.54, 1.807) is 0 Å². The fraction of sp³-hybridized carbons (Fsp3) is 0.923. The molecule has 0 bridgehead atoms. The number of hydrogen-bond donors (Lipinski definition) is 2. The van der Waals surface area contributed by atoms with Gasteiger partial charge in [0.15, 0.2) is 0 Å². The van der Waals surface area contributed by atoms with Crippen molar-refractivity contribution in [2.75, 3.05) is 26.3 Å². The molecule has 1 aliphatic heterocycles. The number of hydrogen-bond acceptors (Lipinski definition) is 4. The molecule has 1 atom stereocenters. The fourth-order valence-corrected chi connectivity index (χ4v) is 2.16. The second-order valence-electron chi connectivity index (χ2n) is 5.83. The van der Waals surface area contributed by atoms with Crippen molar-refractivity contribution in [3.63, 3.8) is 0 Å². The van der Waals surface area contributed by atoms with Gasteiger partial charge < -0.3 is 20.5 Å². The van der Waals surface area contributed by atoms with Crippen LogP contribution < -0.4 is 11.1 Å². The number of nitrogens with two attached hydrogens (primary N) is 1. The largest absolute Gasteiger partial charge is 0.444 e. The Bertz CT molecular complexity index is 257. The summed E-state index contributed by atoms with van der Waals surface area (Å²) < 4.78 is 10.5. The molecule has 106 valence electrons. The highest BCUT2D eigenvalue weighted by Gasteiger charge is 2.24. The van der Waals surface area contributed by atoms with Crippen LogP contribution in [0.5, 0.6) is 0 Å².